The molecular formula is C25H32N2O3S2. The minimum absolute atomic E-state index is 0.130. The number of aryl methyl sites for hydroxylation is 1. The van der Waals surface area contributed by atoms with Gasteiger partial charge in [0.2, 0.25) is 0 Å². The van der Waals surface area contributed by atoms with Gasteiger partial charge in [0.15, 0.2) is 5.13 Å². The van der Waals surface area contributed by atoms with Crippen molar-refractivity contribution in [3.8, 4) is 5.75 Å². The highest BCUT2D eigenvalue weighted by Gasteiger charge is 2.19. The van der Waals surface area contributed by atoms with Gasteiger partial charge in [-0.15, -0.1) is 11.3 Å². The highest BCUT2D eigenvalue weighted by Crippen LogP contribution is 2.35. The molecule has 1 aliphatic carbocycles. The lowest BCUT2D eigenvalue weighted by atomic mass is 9.88. The number of benzene rings is 1. The third kappa shape index (κ3) is 5.67. The lowest BCUT2D eigenvalue weighted by Gasteiger charge is -2.25. The molecule has 4 rings (SSSR count). The van der Waals surface area contributed by atoms with Crippen molar-refractivity contribution in [1.29, 1.82) is 0 Å². The Balaban J connectivity index is 1.37. The molecule has 0 atom stereocenters. The van der Waals surface area contributed by atoms with E-state index in [1.165, 1.54) is 33.1 Å². The monoisotopic (exact) mass is 472 g/mol. The second-order valence-electron chi connectivity index (χ2n) is 8.05. The van der Waals surface area contributed by atoms with E-state index in [1.807, 2.05) is 18.7 Å². The molecule has 1 aliphatic heterocycles. The van der Waals surface area contributed by atoms with Crippen LogP contribution in [0.3, 0.4) is 0 Å². The second kappa shape index (κ2) is 11.2. The number of carbonyl (C=O) groups excluding carboxylic acids is 1. The van der Waals surface area contributed by atoms with E-state index < -0.39 is 0 Å². The van der Waals surface area contributed by atoms with Gasteiger partial charge in [0.25, 0.3) is 0 Å². The molecule has 0 radical (unpaired) electrons. The number of thioether (sulfide) groups is 1. The molecule has 0 spiro atoms. The van der Waals surface area contributed by atoms with Crippen molar-refractivity contribution in [2.45, 2.75) is 46.0 Å². The Morgan fingerprint density at radius 2 is 2.06 bits per heavy atom. The largest absolute Gasteiger partial charge is 0.493 e. The van der Waals surface area contributed by atoms with E-state index in [1.54, 1.807) is 11.3 Å². The number of nitrogens with zero attached hydrogens (tertiary/aromatic N) is 2. The quantitative estimate of drug-likeness (QED) is 0.462. The smallest absolute Gasteiger partial charge is 0.306 e. The first-order valence-corrected chi connectivity index (χ1v) is 13.5. The molecule has 1 saturated heterocycles. The average molecular weight is 473 g/mol. The summed E-state index contributed by atoms with van der Waals surface area (Å²) in [5, 5.41) is 1.16. The Bertz CT molecular complexity index is 964. The van der Waals surface area contributed by atoms with Gasteiger partial charge in [0, 0.05) is 47.9 Å². The Morgan fingerprint density at radius 3 is 2.88 bits per heavy atom. The zero-order valence-corrected chi connectivity index (χ0v) is 20.7. The van der Waals surface area contributed by atoms with Gasteiger partial charge in [0.1, 0.15) is 5.75 Å². The van der Waals surface area contributed by atoms with Crippen LogP contribution in [0.1, 0.15) is 47.9 Å². The van der Waals surface area contributed by atoms with Gasteiger partial charge in [-0.2, -0.15) is 11.8 Å². The maximum Gasteiger partial charge on any atom is 0.306 e. The van der Waals surface area contributed by atoms with Crippen LogP contribution in [-0.4, -0.2) is 48.8 Å². The summed E-state index contributed by atoms with van der Waals surface area (Å²) in [6, 6.07) is 6.27. The zero-order chi connectivity index (χ0) is 22.3. The molecule has 0 saturated carbocycles. The third-order valence-electron chi connectivity index (χ3n) is 5.93. The first-order chi connectivity index (χ1) is 15.7. The number of hydrogen-bond donors (Lipinski definition) is 0. The average Bonchev–Trinajstić information content (AvgIpc) is 3.19. The van der Waals surface area contributed by atoms with E-state index in [0.717, 1.165) is 48.9 Å². The van der Waals surface area contributed by atoms with Crippen molar-refractivity contribution >= 4 is 39.8 Å². The minimum Gasteiger partial charge on any atom is -0.493 e. The van der Waals surface area contributed by atoms with Crippen LogP contribution in [0.15, 0.2) is 24.3 Å². The number of esters is 1. The molecule has 0 amide bonds. The van der Waals surface area contributed by atoms with Crippen LogP contribution in [0.2, 0.25) is 0 Å². The van der Waals surface area contributed by atoms with Crippen LogP contribution in [0.4, 0.5) is 5.13 Å². The molecule has 2 aromatic rings. The van der Waals surface area contributed by atoms with Crippen LogP contribution in [0.5, 0.6) is 5.75 Å². The summed E-state index contributed by atoms with van der Waals surface area (Å²) in [6.07, 6.45) is 6.16. The van der Waals surface area contributed by atoms with Gasteiger partial charge in [-0.25, -0.2) is 4.98 Å². The Morgan fingerprint density at radius 1 is 1.22 bits per heavy atom. The Kier molecular flexibility index (Phi) is 8.14. The van der Waals surface area contributed by atoms with Crippen molar-refractivity contribution in [3.05, 3.63) is 46.0 Å². The summed E-state index contributed by atoms with van der Waals surface area (Å²) in [4.78, 5) is 20.4. The maximum absolute atomic E-state index is 11.8. The first kappa shape index (κ1) is 23.2. The number of thiazole rings is 1. The standard InChI is InChI=1S/C25H32N2O3S2/c1-3-29-24(28)11-10-19-6-4-8-21-20(19)7-5-9-23(21)30-15-12-22-18(2)32-25(26-22)27-13-16-31-17-14-27/h5-7,9H,3-4,8,10-17H2,1-2H3. The Hall–Kier alpha value is -1.99. The number of hydrogen-bond acceptors (Lipinski definition) is 7. The van der Waals surface area contributed by atoms with Gasteiger partial charge in [-0.1, -0.05) is 18.2 Å². The number of ether oxygens (including phenoxy) is 2. The SMILES string of the molecule is CCOC(=O)CCC1=CCCc2c(OCCc3nc(N4CCSCC4)sc3C)cccc21. The number of fused-ring (bicyclic) bond motifs is 1. The Labute approximate surface area is 199 Å². The van der Waals surface area contributed by atoms with E-state index in [-0.39, 0.29) is 5.97 Å². The molecule has 0 unspecified atom stereocenters. The summed E-state index contributed by atoms with van der Waals surface area (Å²) >= 11 is 3.83. The molecule has 2 heterocycles. The van der Waals surface area contributed by atoms with E-state index in [0.29, 0.717) is 26.1 Å². The first-order valence-electron chi connectivity index (χ1n) is 11.5. The molecule has 7 heteroatoms. The number of aromatic nitrogens is 1. The van der Waals surface area contributed by atoms with Gasteiger partial charge >= 0.3 is 5.97 Å². The predicted octanol–water partition coefficient (Wildman–Crippen LogP) is 5.30. The molecule has 1 fully saturated rings. The van der Waals surface area contributed by atoms with Gasteiger partial charge in [-0.3, -0.25) is 4.79 Å². The van der Waals surface area contributed by atoms with Gasteiger partial charge in [0.05, 0.1) is 18.9 Å². The van der Waals surface area contributed by atoms with E-state index >= 15 is 0 Å². The summed E-state index contributed by atoms with van der Waals surface area (Å²) < 4.78 is 11.3. The molecule has 5 nitrogen and oxygen atoms in total. The number of rotatable bonds is 9. The van der Waals surface area contributed by atoms with Crippen LogP contribution >= 0.6 is 23.1 Å². The van der Waals surface area contributed by atoms with Crippen LogP contribution in [0, 0.1) is 6.92 Å². The summed E-state index contributed by atoms with van der Waals surface area (Å²) in [5.74, 6) is 3.21. The predicted molar refractivity (Wildman–Crippen MR) is 134 cm³/mol. The van der Waals surface area contributed by atoms with Crippen molar-refractivity contribution in [2.75, 3.05) is 42.7 Å². The summed E-state index contributed by atoms with van der Waals surface area (Å²) in [6.45, 7) is 7.25. The molecule has 2 aliphatic rings. The third-order valence-corrected chi connectivity index (χ3v) is 7.94. The molecule has 0 bridgehead atoms. The summed E-state index contributed by atoms with van der Waals surface area (Å²) in [5.41, 5.74) is 4.86. The van der Waals surface area contributed by atoms with Crippen LogP contribution in [0.25, 0.3) is 5.57 Å². The van der Waals surface area contributed by atoms with Gasteiger partial charge < -0.3 is 14.4 Å². The maximum atomic E-state index is 11.8. The molecule has 1 aromatic carbocycles. The van der Waals surface area contributed by atoms with Crippen molar-refractivity contribution in [1.82, 2.24) is 4.98 Å². The highest BCUT2D eigenvalue weighted by molar-refractivity contribution is 7.99. The van der Waals surface area contributed by atoms with E-state index in [2.05, 4.69) is 36.1 Å². The fraction of sp³-hybridized carbons (Fsp3) is 0.520. The number of allylic oxidation sites excluding steroid dienone is 2. The summed E-state index contributed by atoms with van der Waals surface area (Å²) in [7, 11) is 0. The second-order valence-corrected chi connectivity index (χ2v) is 10.5. The van der Waals surface area contributed by atoms with Crippen LogP contribution < -0.4 is 9.64 Å². The molecule has 0 N–H and O–H groups in total. The normalized spacial score (nSPS) is 15.8. The number of anilines is 1. The fourth-order valence-corrected chi connectivity index (χ4v) is 6.17. The minimum atomic E-state index is -0.130. The topological polar surface area (TPSA) is 51.7 Å². The van der Waals surface area contributed by atoms with Gasteiger partial charge in [-0.05, 0) is 50.3 Å². The van der Waals surface area contributed by atoms with Crippen LogP contribution in [-0.2, 0) is 22.4 Å². The van der Waals surface area contributed by atoms with E-state index in [4.69, 9.17) is 14.5 Å². The van der Waals surface area contributed by atoms with Crippen molar-refractivity contribution < 1.29 is 14.3 Å². The zero-order valence-electron chi connectivity index (χ0n) is 19.0. The lowest BCUT2D eigenvalue weighted by molar-refractivity contribution is -0.142. The molecular weight excluding hydrogens is 440 g/mol. The highest BCUT2D eigenvalue weighted by atomic mass is 32.2. The lowest BCUT2D eigenvalue weighted by Crippen LogP contribution is -2.32. The van der Waals surface area contributed by atoms with Crippen molar-refractivity contribution in [2.24, 2.45) is 0 Å². The molecule has 172 valence electrons. The molecule has 1 aromatic heterocycles. The fourth-order valence-electron chi connectivity index (χ4n) is 4.26. The van der Waals surface area contributed by atoms with E-state index in [9.17, 15) is 4.79 Å². The number of carbonyl (C=O) groups is 1. The molecule has 32 heavy (non-hydrogen) atoms. The van der Waals surface area contributed by atoms with Crippen molar-refractivity contribution in [3.63, 3.8) is 0 Å².